The van der Waals surface area contributed by atoms with E-state index in [4.69, 9.17) is 4.74 Å². The molecule has 0 saturated heterocycles. The summed E-state index contributed by atoms with van der Waals surface area (Å²) in [6.45, 7) is 5.06. The lowest BCUT2D eigenvalue weighted by Crippen LogP contribution is -2.25. The Morgan fingerprint density at radius 3 is 3.11 bits per heavy atom. The van der Waals surface area contributed by atoms with Gasteiger partial charge >= 0.3 is 0 Å². The van der Waals surface area contributed by atoms with Gasteiger partial charge in [-0.15, -0.1) is 0 Å². The minimum Gasteiger partial charge on any atom is -0.490 e. The summed E-state index contributed by atoms with van der Waals surface area (Å²) in [7, 11) is 2.14. The van der Waals surface area contributed by atoms with Crippen LogP contribution in [-0.4, -0.2) is 41.8 Å². The molecule has 1 aliphatic rings. The number of hydrogen-bond acceptors (Lipinski definition) is 3. The Hall–Kier alpha value is -1.29. The van der Waals surface area contributed by atoms with Crippen LogP contribution in [0.1, 0.15) is 38.3 Å². The molecule has 100 valence electrons. The fourth-order valence-corrected chi connectivity index (χ4v) is 2.22. The topological polar surface area (TPSA) is 41.1 Å². The van der Waals surface area contributed by atoms with Crippen molar-refractivity contribution in [3.63, 3.8) is 0 Å². The van der Waals surface area contributed by atoms with E-state index in [1.807, 2.05) is 6.20 Å². The molecule has 0 bridgehead atoms. The Morgan fingerprint density at radius 2 is 2.33 bits per heavy atom. The molecular formula is C14H23N3O. The molecule has 0 atom stereocenters. The molecule has 4 nitrogen and oxygen atoms in total. The smallest absolute Gasteiger partial charge is 0.164 e. The van der Waals surface area contributed by atoms with Gasteiger partial charge in [0.25, 0.3) is 0 Å². The van der Waals surface area contributed by atoms with Crippen LogP contribution in [0.15, 0.2) is 12.3 Å². The van der Waals surface area contributed by atoms with Crippen molar-refractivity contribution < 1.29 is 4.74 Å². The average Bonchev–Trinajstić information content (AvgIpc) is 2.83. The molecule has 1 N–H and O–H groups in total. The number of aromatic amines is 1. The first kappa shape index (κ1) is 13.1. The van der Waals surface area contributed by atoms with Crippen LogP contribution < -0.4 is 4.74 Å². The lowest BCUT2D eigenvalue weighted by atomic mass is 10.1. The molecule has 0 aromatic carbocycles. The van der Waals surface area contributed by atoms with Gasteiger partial charge in [0.1, 0.15) is 5.69 Å². The summed E-state index contributed by atoms with van der Waals surface area (Å²) in [4.78, 5) is 2.31. The largest absolute Gasteiger partial charge is 0.490 e. The Labute approximate surface area is 109 Å². The molecule has 1 aliphatic heterocycles. The highest BCUT2D eigenvalue weighted by Crippen LogP contribution is 2.26. The minimum absolute atomic E-state index is 0.781. The minimum atomic E-state index is 0.781. The summed E-state index contributed by atoms with van der Waals surface area (Å²) in [5.74, 6) is 0.896. The van der Waals surface area contributed by atoms with E-state index in [2.05, 4.69) is 35.1 Å². The second-order valence-electron chi connectivity index (χ2n) is 4.91. The summed E-state index contributed by atoms with van der Waals surface area (Å²) in [5.41, 5.74) is 2.26. The highest BCUT2D eigenvalue weighted by Gasteiger charge is 2.16. The highest BCUT2D eigenvalue weighted by molar-refractivity contribution is 5.69. The molecule has 0 unspecified atom stereocenters. The van der Waals surface area contributed by atoms with Crippen molar-refractivity contribution in [3.05, 3.63) is 18.0 Å². The molecule has 0 saturated carbocycles. The number of nitrogens with zero attached hydrogens (tertiary/aromatic N) is 2. The quantitative estimate of drug-likeness (QED) is 0.788. The van der Waals surface area contributed by atoms with E-state index < -0.39 is 0 Å². The molecule has 0 fully saturated rings. The SMILES string of the molecule is CCCCCOc1c[nH]nc1C1=CCCN(C)C1. The monoisotopic (exact) mass is 249 g/mol. The third-order valence-electron chi connectivity index (χ3n) is 3.26. The van der Waals surface area contributed by atoms with E-state index >= 15 is 0 Å². The third kappa shape index (κ3) is 3.35. The van der Waals surface area contributed by atoms with Gasteiger partial charge < -0.3 is 9.64 Å². The lowest BCUT2D eigenvalue weighted by molar-refractivity contribution is 0.304. The van der Waals surface area contributed by atoms with Crippen LogP contribution >= 0.6 is 0 Å². The van der Waals surface area contributed by atoms with Gasteiger partial charge in [-0.25, -0.2) is 0 Å². The molecular weight excluding hydrogens is 226 g/mol. The molecule has 0 radical (unpaired) electrons. The van der Waals surface area contributed by atoms with Gasteiger partial charge in [-0.3, -0.25) is 5.10 Å². The Kier molecular flexibility index (Phi) is 4.81. The highest BCUT2D eigenvalue weighted by atomic mass is 16.5. The van der Waals surface area contributed by atoms with Crippen molar-refractivity contribution in [3.8, 4) is 5.75 Å². The Balaban J connectivity index is 1.96. The van der Waals surface area contributed by atoms with Crippen LogP contribution in [0.2, 0.25) is 0 Å². The molecule has 0 spiro atoms. The maximum Gasteiger partial charge on any atom is 0.164 e. The van der Waals surface area contributed by atoms with Crippen LogP contribution in [0.25, 0.3) is 5.57 Å². The molecule has 2 heterocycles. The van der Waals surface area contributed by atoms with E-state index in [1.54, 1.807) is 0 Å². The maximum atomic E-state index is 5.81. The number of likely N-dealkylation sites (N-methyl/N-ethyl adjacent to an activating group) is 1. The molecule has 18 heavy (non-hydrogen) atoms. The van der Waals surface area contributed by atoms with Crippen LogP contribution in [0.5, 0.6) is 5.75 Å². The van der Waals surface area contributed by atoms with Crippen molar-refractivity contribution >= 4 is 5.57 Å². The number of aromatic nitrogens is 2. The van der Waals surface area contributed by atoms with E-state index in [0.717, 1.165) is 44.0 Å². The van der Waals surface area contributed by atoms with Crippen molar-refractivity contribution in [1.29, 1.82) is 0 Å². The molecule has 0 aliphatic carbocycles. The van der Waals surface area contributed by atoms with Gasteiger partial charge in [0.2, 0.25) is 0 Å². The predicted molar refractivity (Wildman–Crippen MR) is 73.7 cm³/mol. The van der Waals surface area contributed by atoms with Gasteiger partial charge in [-0.1, -0.05) is 25.8 Å². The first-order valence-corrected chi connectivity index (χ1v) is 6.85. The van der Waals surface area contributed by atoms with Crippen molar-refractivity contribution in [2.24, 2.45) is 0 Å². The fraction of sp³-hybridized carbons (Fsp3) is 0.643. The zero-order valence-electron chi connectivity index (χ0n) is 11.4. The van der Waals surface area contributed by atoms with Crippen LogP contribution in [-0.2, 0) is 0 Å². The van der Waals surface area contributed by atoms with E-state index in [-0.39, 0.29) is 0 Å². The van der Waals surface area contributed by atoms with Crippen LogP contribution in [0.3, 0.4) is 0 Å². The molecule has 1 aromatic heterocycles. The van der Waals surface area contributed by atoms with Crippen molar-refractivity contribution in [2.45, 2.75) is 32.6 Å². The van der Waals surface area contributed by atoms with E-state index in [1.165, 1.54) is 18.4 Å². The van der Waals surface area contributed by atoms with Gasteiger partial charge in [0.15, 0.2) is 5.75 Å². The first-order valence-electron chi connectivity index (χ1n) is 6.85. The summed E-state index contributed by atoms with van der Waals surface area (Å²) < 4.78 is 5.81. The second-order valence-corrected chi connectivity index (χ2v) is 4.91. The van der Waals surface area contributed by atoms with E-state index in [9.17, 15) is 0 Å². The average molecular weight is 249 g/mol. The maximum absolute atomic E-state index is 5.81. The van der Waals surface area contributed by atoms with Crippen LogP contribution in [0.4, 0.5) is 0 Å². The fourth-order valence-electron chi connectivity index (χ4n) is 2.22. The van der Waals surface area contributed by atoms with Crippen molar-refractivity contribution in [1.82, 2.24) is 15.1 Å². The first-order chi connectivity index (χ1) is 8.81. The number of nitrogens with one attached hydrogen (secondary N) is 1. The number of hydrogen-bond donors (Lipinski definition) is 1. The zero-order chi connectivity index (χ0) is 12.8. The van der Waals surface area contributed by atoms with Gasteiger partial charge in [-0.05, 0) is 25.5 Å². The van der Waals surface area contributed by atoms with Gasteiger partial charge in [0, 0.05) is 13.1 Å². The second kappa shape index (κ2) is 6.59. The Bertz CT molecular complexity index is 397. The molecule has 2 rings (SSSR count). The zero-order valence-corrected chi connectivity index (χ0v) is 11.4. The third-order valence-corrected chi connectivity index (χ3v) is 3.26. The number of unbranched alkanes of at least 4 members (excludes halogenated alkanes) is 2. The standard InChI is InChI=1S/C14H23N3O/c1-3-4-5-9-18-13-10-15-16-14(13)12-7-6-8-17(2)11-12/h7,10H,3-6,8-9,11H2,1-2H3,(H,15,16). The van der Waals surface area contributed by atoms with Gasteiger partial charge in [-0.2, -0.15) is 5.10 Å². The van der Waals surface area contributed by atoms with Gasteiger partial charge in [0.05, 0.1) is 12.8 Å². The summed E-state index contributed by atoms with van der Waals surface area (Å²) in [6, 6.07) is 0. The number of H-pyrrole nitrogens is 1. The van der Waals surface area contributed by atoms with E-state index in [0.29, 0.717) is 0 Å². The number of rotatable bonds is 6. The predicted octanol–water partition coefficient (Wildman–Crippen LogP) is 2.70. The normalized spacial score (nSPS) is 16.7. The summed E-state index contributed by atoms with van der Waals surface area (Å²) in [5, 5.41) is 7.25. The summed E-state index contributed by atoms with van der Waals surface area (Å²) in [6.07, 6.45) is 8.77. The Morgan fingerprint density at radius 1 is 1.44 bits per heavy atom. The lowest BCUT2D eigenvalue weighted by Gasteiger charge is -2.22. The summed E-state index contributed by atoms with van der Waals surface area (Å²) >= 11 is 0. The van der Waals surface area contributed by atoms with Crippen LogP contribution in [0, 0.1) is 0 Å². The molecule has 0 amide bonds. The molecule has 4 heteroatoms. The van der Waals surface area contributed by atoms with Crippen molar-refractivity contribution in [2.75, 3.05) is 26.7 Å². The molecule has 1 aromatic rings. The number of ether oxygens (including phenoxy) is 1.